The van der Waals surface area contributed by atoms with Crippen molar-refractivity contribution in [1.82, 2.24) is 9.97 Å². The van der Waals surface area contributed by atoms with E-state index in [4.69, 9.17) is 10.4 Å². The summed E-state index contributed by atoms with van der Waals surface area (Å²) >= 11 is 0. The molecule has 0 saturated carbocycles. The average molecular weight is 246 g/mol. The summed E-state index contributed by atoms with van der Waals surface area (Å²) in [5.74, 6) is 0.629. The predicted octanol–water partition coefficient (Wildman–Crippen LogP) is 1.40. The summed E-state index contributed by atoms with van der Waals surface area (Å²) in [6.07, 6.45) is 4.08. The van der Waals surface area contributed by atoms with E-state index in [1.165, 1.54) is 6.42 Å². The largest absolute Gasteiger partial charge is 0.396 e. The Labute approximate surface area is 107 Å². The summed E-state index contributed by atoms with van der Waals surface area (Å²) in [5, 5.41) is 18.1. The molecule has 0 aliphatic carbocycles. The molecular formula is C13H18N4O. The molecule has 0 spiro atoms. The number of aromatic nitrogens is 2. The molecule has 1 atom stereocenters. The van der Waals surface area contributed by atoms with Gasteiger partial charge in [-0.05, 0) is 38.7 Å². The maximum Gasteiger partial charge on any atom is 0.227 e. The zero-order valence-electron chi connectivity index (χ0n) is 10.6. The van der Waals surface area contributed by atoms with E-state index in [9.17, 15) is 0 Å². The average Bonchev–Trinajstić information content (AvgIpc) is 2.39. The number of anilines is 1. The van der Waals surface area contributed by atoms with Gasteiger partial charge in [0.2, 0.25) is 5.95 Å². The van der Waals surface area contributed by atoms with Crippen molar-refractivity contribution in [3.05, 3.63) is 17.5 Å². The maximum absolute atomic E-state index is 9.12. The summed E-state index contributed by atoms with van der Waals surface area (Å²) in [6, 6.07) is 4.04. The molecule has 5 nitrogen and oxygen atoms in total. The Balaban J connectivity index is 2.27. The Bertz CT molecular complexity index is 453. The van der Waals surface area contributed by atoms with Crippen LogP contribution >= 0.6 is 0 Å². The molecule has 96 valence electrons. The highest BCUT2D eigenvalue weighted by atomic mass is 16.3. The van der Waals surface area contributed by atoms with Crippen LogP contribution < -0.4 is 4.90 Å². The Morgan fingerprint density at radius 3 is 3.06 bits per heavy atom. The van der Waals surface area contributed by atoms with Crippen LogP contribution in [-0.2, 0) is 0 Å². The van der Waals surface area contributed by atoms with Gasteiger partial charge in [-0.2, -0.15) is 5.26 Å². The highest BCUT2D eigenvalue weighted by molar-refractivity contribution is 5.37. The maximum atomic E-state index is 9.12. The molecule has 1 saturated heterocycles. The minimum absolute atomic E-state index is 0.179. The van der Waals surface area contributed by atoms with E-state index in [1.807, 2.05) is 6.92 Å². The molecule has 0 bridgehead atoms. The van der Waals surface area contributed by atoms with Crippen LogP contribution in [0.3, 0.4) is 0 Å². The molecule has 1 aliphatic rings. The minimum atomic E-state index is 0.179. The first kappa shape index (κ1) is 12.8. The second kappa shape index (κ2) is 5.78. The second-order valence-electron chi connectivity index (χ2n) is 4.66. The molecule has 2 rings (SSSR count). The fourth-order valence-corrected chi connectivity index (χ4v) is 2.45. The summed E-state index contributed by atoms with van der Waals surface area (Å²) in [4.78, 5) is 10.8. The molecular weight excluding hydrogens is 228 g/mol. The first-order chi connectivity index (χ1) is 8.74. The van der Waals surface area contributed by atoms with Crippen LogP contribution in [0.25, 0.3) is 0 Å². The summed E-state index contributed by atoms with van der Waals surface area (Å²) in [6.45, 7) is 2.95. The smallest absolute Gasteiger partial charge is 0.227 e. The van der Waals surface area contributed by atoms with Crippen LogP contribution in [0.2, 0.25) is 0 Å². The third-order valence-electron chi connectivity index (χ3n) is 3.30. The van der Waals surface area contributed by atoms with E-state index in [-0.39, 0.29) is 12.6 Å². The summed E-state index contributed by atoms with van der Waals surface area (Å²) in [7, 11) is 0. The topological polar surface area (TPSA) is 73.0 Å². The number of hydrogen-bond acceptors (Lipinski definition) is 5. The third kappa shape index (κ3) is 2.77. The molecule has 1 fully saturated rings. The van der Waals surface area contributed by atoms with Gasteiger partial charge in [-0.3, -0.25) is 0 Å². The van der Waals surface area contributed by atoms with Gasteiger partial charge in [-0.25, -0.2) is 9.97 Å². The lowest BCUT2D eigenvalue weighted by molar-refractivity contribution is 0.261. The lowest BCUT2D eigenvalue weighted by Gasteiger charge is -2.35. The standard InChI is InChI=1S/C13H18N4O/c1-10-8-11(9-14)16-13(15-10)17-6-3-2-4-12(17)5-7-18/h8,12,18H,2-7H2,1H3. The summed E-state index contributed by atoms with van der Waals surface area (Å²) in [5.41, 5.74) is 1.22. The summed E-state index contributed by atoms with van der Waals surface area (Å²) < 4.78 is 0. The van der Waals surface area contributed by atoms with E-state index in [1.54, 1.807) is 6.07 Å². The number of nitrogens with zero attached hydrogens (tertiary/aromatic N) is 4. The molecule has 18 heavy (non-hydrogen) atoms. The number of aryl methyl sites for hydroxylation is 1. The number of rotatable bonds is 3. The van der Waals surface area contributed by atoms with Crippen molar-refractivity contribution in [3.8, 4) is 6.07 Å². The number of aliphatic hydroxyl groups excluding tert-OH is 1. The fourth-order valence-electron chi connectivity index (χ4n) is 2.45. The molecule has 5 heteroatoms. The molecule has 0 amide bonds. The van der Waals surface area contributed by atoms with Crippen molar-refractivity contribution in [2.45, 2.75) is 38.6 Å². The highest BCUT2D eigenvalue weighted by Gasteiger charge is 2.24. The molecule has 1 aromatic rings. The molecule has 0 radical (unpaired) electrons. The zero-order valence-corrected chi connectivity index (χ0v) is 10.6. The minimum Gasteiger partial charge on any atom is -0.396 e. The number of nitriles is 1. The lowest BCUT2D eigenvalue weighted by Crippen LogP contribution is -2.41. The van der Waals surface area contributed by atoms with Crippen LogP contribution in [0, 0.1) is 18.3 Å². The van der Waals surface area contributed by atoms with Crippen LogP contribution in [-0.4, -0.2) is 34.3 Å². The van der Waals surface area contributed by atoms with Gasteiger partial charge in [0.1, 0.15) is 11.8 Å². The SMILES string of the molecule is Cc1cc(C#N)nc(N2CCCCC2CCO)n1. The lowest BCUT2D eigenvalue weighted by atomic mass is 10.0. The van der Waals surface area contributed by atoms with Gasteiger partial charge in [-0.1, -0.05) is 0 Å². The van der Waals surface area contributed by atoms with Gasteiger partial charge in [0.05, 0.1) is 0 Å². The van der Waals surface area contributed by atoms with Gasteiger partial charge >= 0.3 is 0 Å². The molecule has 1 aliphatic heterocycles. The van der Waals surface area contributed by atoms with E-state index in [2.05, 4.69) is 20.9 Å². The normalized spacial score (nSPS) is 19.6. The Morgan fingerprint density at radius 1 is 1.50 bits per heavy atom. The number of hydrogen-bond donors (Lipinski definition) is 1. The quantitative estimate of drug-likeness (QED) is 0.872. The predicted molar refractivity (Wildman–Crippen MR) is 68.2 cm³/mol. The van der Waals surface area contributed by atoms with Crippen LogP contribution in [0.15, 0.2) is 6.07 Å². The monoisotopic (exact) mass is 246 g/mol. The van der Waals surface area contributed by atoms with Crippen molar-refractivity contribution in [2.24, 2.45) is 0 Å². The van der Waals surface area contributed by atoms with Gasteiger partial charge in [-0.15, -0.1) is 0 Å². The van der Waals surface area contributed by atoms with Gasteiger partial charge in [0.15, 0.2) is 0 Å². The molecule has 1 aromatic heterocycles. The van der Waals surface area contributed by atoms with Crippen molar-refractivity contribution >= 4 is 5.95 Å². The Hall–Kier alpha value is -1.67. The first-order valence-corrected chi connectivity index (χ1v) is 6.38. The van der Waals surface area contributed by atoms with Crippen molar-refractivity contribution < 1.29 is 5.11 Å². The van der Waals surface area contributed by atoms with Crippen molar-refractivity contribution in [1.29, 1.82) is 5.26 Å². The Morgan fingerprint density at radius 2 is 2.33 bits per heavy atom. The van der Waals surface area contributed by atoms with Crippen LogP contribution in [0.5, 0.6) is 0 Å². The van der Waals surface area contributed by atoms with Crippen molar-refractivity contribution in [2.75, 3.05) is 18.1 Å². The number of piperidine rings is 1. The molecule has 2 heterocycles. The Kier molecular flexibility index (Phi) is 4.11. The van der Waals surface area contributed by atoms with E-state index >= 15 is 0 Å². The van der Waals surface area contributed by atoms with Gasteiger partial charge < -0.3 is 10.0 Å². The van der Waals surface area contributed by atoms with E-state index < -0.39 is 0 Å². The third-order valence-corrected chi connectivity index (χ3v) is 3.30. The van der Waals surface area contributed by atoms with Crippen molar-refractivity contribution in [3.63, 3.8) is 0 Å². The zero-order chi connectivity index (χ0) is 13.0. The molecule has 1 N–H and O–H groups in total. The van der Waals surface area contributed by atoms with Gasteiger partial charge in [0, 0.05) is 24.9 Å². The number of aliphatic hydroxyl groups is 1. The van der Waals surface area contributed by atoms with Gasteiger partial charge in [0.25, 0.3) is 0 Å². The van der Waals surface area contributed by atoms with Crippen LogP contribution in [0.4, 0.5) is 5.95 Å². The second-order valence-corrected chi connectivity index (χ2v) is 4.66. The highest BCUT2D eigenvalue weighted by Crippen LogP contribution is 2.24. The molecule has 1 unspecified atom stereocenters. The first-order valence-electron chi connectivity index (χ1n) is 6.38. The fraction of sp³-hybridized carbons (Fsp3) is 0.615. The molecule has 0 aromatic carbocycles. The van der Waals surface area contributed by atoms with E-state index in [0.717, 1.165) is 31.5 Å². The van der Waals surface area contributed by atoms with E-state index in [0.29, 0.717) is 11.6 Å². The van der Waals surface area contributed by atoms with Crippen LogP contribution in [0.1, 0.15) is 37.1 Å².